The van der Waals surface area contributed by atoms with Gasteiger partial charge in [-0.1, -0.05) is 44.2 Å². The Bertz CT molecular complexity index is 319. The third-order valence-electron chi connectivity index (χ3n) is 2.82. The van der Waals surface area contributed by atoms with Gasteiger partial charge in [-0.25, -0.2) is 0 Å². The van der Waals surface area contributed by atoms with E-state index in [1.165, 1.54) is 5.56 Å². The van der Waals surface area contributed by atoms with Crippen LogP contribution in [0.25, 0.3) is 0 Å². The molecule has 0 fully saturated rings. The molecule has 2 heteroatoms. The van der Waals surface area contributed by atoms with Gasteiger partial charge < -0.3 is 5.73 Å². The first-order valence-electron chi connectivity index (χ1n) is 5.93. The Morgan fingerprint density at radius 1 is 1.25 bits per heavy atom. The van der Waals surface area contributed by atoms with Gasteiger partial charge in [0.2, 0.25) is 0 Å². The zero-order chi connectivity index (χ0) is 12.0. The van der Waals surface area contributed by atoms with Crippen molar-refractivity contribution in [3.05, 3.63) is 35.9 Å². The fraction of sp³-hybridized carbons (Fsp3) is 0.500. The molecule has 1 rings (SSSR count). The summed E-state index contributed by atoms with van der Waals surface area (Å²) in [4.78, 5) is 11.6. The van der Waals surface area contributed by atoms with E-state index >= 15 is 0 Å². The monoisotopic (exact) mass is 219 g/mol. The van der Waals surface area contributed by atoms with Crippen molar-refractivity contribution in [1.82, 2.24) is 0 Å². The number of Topliss-reactive ketones (excluding diaryl/α,β-unsaturated/α-hetero) is 1. The van der Waals surface area contributed by atoms with E-state index in [1.54, 1.807) is 0 Å². The van der Waals surface area contributed by atoms with Crippen LogP contribution < -0.4 is 5.73 Å². The Morgan fingerprint density at radius 2 is 1.88 bits per heavy atom. The van der Waals surface area contributed by atoms with E-state index in [1.807, 2.05) is 32.0 Å². The highest BCUT2D eigenvalue weighted by atomic mass is 16.1. The number of hydrogen-bond donors (Lipinski definition) is 1. The van der Waals surface area contributed by atoms with E-state index in [4.69, 9.17) is 5.73 Å². The SMILES string of the molecule is CC(C)C(N)C(=O)CCCc1ccccc1. The number of hydrogen-bond acceptors (Lipinski definition) is 2. The predicted octanol–water partition coefficient (Wildman–Crippen LogP) is 2.56. The molecule has 0 heterocycles. The lowest BCUT2D eigenvalue weighted by Gasteiger charge is -2.13. The summed E-state index contributed by atoms with van der Waals surface area (Å²) < 4.78 is 0. The summed E-state index contributed by atoms with van der Waals surface area (Å²) in [7, 11) is 0. The van der Waals surface area contributed by atoms with Crippen molar-refractivity contribution in [2.45, 2.75) is 39.2 Å². The molecule has 0 aromatic heterocycles. The third kappa shape index (κ3) is 4.15. The Balaban J connectivity index is 2.28. The van der Waals surface area contributed by atoms with Gasteiger partial charge >= 0.3 is 0 Å². The predicted molar refractivity (Wildman–Crippen MR) is 67.2 cm³/mol. The van der Waals surface area contributed by atoms with Gasteiger partial charge in [0.1, 0.15) is 5.78 Å². The standard InChI is InChI=1S/C14H21NO/c1-11(2)14(15)13(16)10-6-9-12-7-4-3-5-8-12/h3-5,7-8,11,14H,6,9-10,15H2,1-2H3. The second-order valence-corrected chi connectivity index (χ2v) is 4.58. The molecule has 0 aliphatic rings. The fourth-order valence-corrected chi connectivity index (χ4v) is 1.65. The van der Waals surface area contributed by atoms with E-state index in [0.717, 1.165) is 12.8 Å². The first kappa shape index (κ1) is 12.9. The molecule has 0 amide bonds. The van der Waals surface area contributed by atoms with Gasteiger partial charge in [-0.15, -0.1) is 0 Å². The summed E-state index contributed by atoms with van der Waals surface area (Å²) in [6.45, 7) is 3.97. The molecule has 0 bridgehead atoms. The summed E-state index contributed by atoms with van der Waals surface area (Å²) >= 11 is 0. The van der Waals surface area contributed by atoms with E-state index in [-0.39, 0.29) is 17.7 Å². The van der Waals surface area contributed by atoms with Crippen molar-refractivity contribution >= 4 is 5.78 Å². The third-order valence-corrected chi connectivity index (χ3v) is 2.82. The number of rotatable bonds is 6. The number of ketones is 1. The Kier molecular flexibility index (Phi) is 5.20. The smallest absolute Gasteiger partial charge is 0.149 e. The second kappa shape index (κ2) is 6.44. The maximum Gasteiger partial charge on any atom is 0.149 e. The molecule has 0 aliphatic heterocycles. The van der Waals surface area contributed by atoms with Crippen molar-refractivity contribution < 1.29 is 4.79 Å². The lowest BCUT2D eigenvalue weighted by atomic mass is 9.96. The molecule has 2 N–H and O–H groups in total. The average Bonchev–Trinajstić information content (AvgIpc) is 2.29. The molecule has 2 nitrogen and oxygen atoms in total. The Hall–Kier alpha value is -1.15. The summed E-state index contributed by atoms with van der Waals surface area (Å²) in [5.74, 6) is 0.426. The number of carbonyl (C=O) groups is 1. The lowest BCUT2D eigenvalue weighted by Crippen LogP contribution is -2.35. The van der Waals surface area contributed by atoms with Gasteiger partial charge in [-0.05, 0) is 24.3 Å². The molecule has 1 aromatic rings. The first-order valence-corrected chi connectivity index (χ1v) is 5.93. The number of nitrogens with two attached hydrogens (primary N) is 1. The van der Waals surface area contributed by atoms with Gasteiger partial charge in [0.25, 0.3) is 0 Å². The van der Waals surface area contributed by atoms with E-state index in [2.05, 4.69) is 12.1 Å². The van der Waals surface area contributed by atoms with Crippen molar-refractivity contribution in [2.75, 3.05) is 0 Å². The largest absolute Gasteiger partial charge is 0.321 e. The molecule has 1 atom stereocenters. The highest BCUT2D eigenvalue weighted by Gasteiger charge is 2.16. The van der Waals surface area contributed by atoms with Gasteiger partial charge in [0.05, 0.1) is 6.04 Å². The van der Waals surface area contributed by atoms with Crippen molar-refractivity contribution in [2.24, 2.45) is 11.7 Å². The van der Waals surface area contributed by atoms with Gasteiger partial charge in [-0.2, -0.15) is 0 Å². The highest BCUT2D eigenvalue weighted by molar-refractivity contribution is 5.83. The molecule has 0 saturated heterocycles. The van der Waals surface area contributed by atoms with Crippen LogP contribution in [-0.4, -0.2) is 11.8 Å². The van der Waals surface area contributed by atoms with Crippen molar-refractivity contribution in [1.29, 1.82) is 0 Å². The normalized spacial score (nSPS) is 12.8. The molecule has 1 aromatic carbocycles. The molecule has 16 heavy (non-hydrogen) atoms. The van der Waals surface area contributed by atoms with Crippen LogP contribution in [0.4, 0.5) is 0 Å². The van der Waals surface area contributed by atoms with Gasteiger partial charge in [0.15, 0.2) is 0 Å². The molecular formula is C14H21NO. The zero-order valence-electron chi connectivity index (χ0n) is 10.1. The van der Waals surface area contributed by atoms with Crippen LogP contribution in [0.5, 0.6) is 0 Å². The summed E-state index contributed by atoms with van der Waals surface area (Å²) in [6, 6.07) is 9.94. The van der Waals surface area contributed by atoms with Crippen LogP contribution in [0.1, 0.15) is 32.3 Å². The lowest BCUT2D eigenvalue weighted by molar-refractivity contribution is -0.121. The summed E-state index contributed by atoms with van der Waals surface area (Å²) in [5, 5.41) is 0. The van der Waals surface area contributed by atoms with Crippen LogP contribution >= 0.6 is 0 Å². The van der Waals surface area contributed by atoms with E-state index < -0.39 is 0 Å². The summed E-state index contributed by atoms with van der Waals surface area (Å²) in [6.07, 6.45) is 2.44. The minimum absolute atomic E-state index is 0.186. The molecular weight excluding hydrogens is 198 g/mol. The summed E-state index contributed by atoms with van der Waals surface area (Å²) in [5.41, 5.74) is 7.08. The highest BCUT2D eigenvalue weighted by Crippen LogP contribution is 2.08. The topological polar surface area (TPSA) is 43.1 Å². The van der Waals surface area contributed by atoms with Crippen molar-refractivity contribution in [3.63, 3.8) is 0 Å². The number of benzene rings is 1. The van der Waals surface area contributed by atoms with Gasteiger partial charge in [-0.3, -0.25) is 4.79 Å². The number of aryl methyl sites for hydroxylation is 1. The van der Waals surface area contributed by atoms with Crippen LogP contribution in [0.2, 0.25) is 0 Å². The van der Waals surface area contributed by atoms with Crippen LogP contribution in [0.3, 0.4) is 0 Å². The quantitative estimate of drug-likeness (QED) is 0.799. The zero-order valence-corrected chi connectivity index (χ0v) is 10.1. The van der Waals surface area contributed by atoms with Crippen LogP contribution in [0, 0.1) is 5.92 Å². The van der Waals surface area contributed by atoms with Crippen LogP contribution in [0.15, 0.2) is 30.3 Å². The van der Waals surface area contributed by atoms with Crippen molar-refractivity contribution in [3.8, 4) is 0 Å². The Labute approximate surface area is 97.9 Å². The molecule has 88 valence electrons. The Morgan fingerprint density at radius 3 is 2.44 bits per heavy atom. The van der Waals surface area contributed by atoms with E-state index in [0.29, 0.717) is 6.42 Å². The minimum Gasteiger partial charge on any atom is -0.321 e. The maximum atomic E-state index is 11.6. The van der Waals surface area contributed by atoms with E-state index in [9.17, 15) is 4.79 Å². The molecule has 0 aliphatic carbocycles. The molecule has 0 spiro atoms. The average molecular weight is 219 g/mol. The number of carbonyl (C=O) groups excluding carboxylic acids is 1. The molecule has 0 saturated carbocycles. The molecule has 0 radical (unpaired) electrons. The maximum absolute atomic E-state index is 11.6. The fourth-order valence-electron chi connectivity index (χ4n) is 1.65. The second-order valence-electron chi connectivity index (χ2n) is 4.58. The first-order chi connectivity index (χ1) is 7.61. The minimum atomic E-state index is -0.296. The van der Waals surface area contributed by atoms with Crippen LogP contribution in [-0.2, 0) is 11.2 Å². The van der Waals surface area contributed by atoms with Gasteiger partial charge in [0, 0.05) is 6.42 Å². The molecule has 1 unspecified atom stereocenters.